The van der Waals surface area contributed by atoms with Crippen LogP contribution in [0.5, 0.6) is 5.75 Å². The molecule has 0 bridgehead atoms. The lowest BCUT2D eigenvalue weighted by Gasteiger charge is -2.24. The summed E-state index contributed by atoms with van der Waals surface area (Å²) >= 11 is 5.60. The summed E-state index contributed by atoms with van der Waals surface area (Å²) < 4.78 is 24.2. The van der Waals surface area contributed by atoms with Gasteiger partial charge in [0.1, 0.15) is 29.4 Å². The second-order valence-corrected chi connectivity index (χ2v) is 6.59. The number of amides is 1. The van der Waals surface area contributed by atoms with E-state index in [4.69, 9.17) is 21.1 Å². The molecule has 1 aromatic carbocycles. The standard InChI is InChI=1S/C15H19ClFNO4/c1-15(2,3)22-14(20)18-7-12(19)13(8-18)21-9-4-5-10(16)11(17)6-9/h4-6,12-13,19H,7-8H2,1-3H3/t12-,13-/m1/s1. The number of hydrogen-bond donors (Lipinski definition) is 1. The lowest BCUT2D eigenvalue weighted by molar-refractivity contribution is 0.0268. The van der Waals surface area contributed by atoms with Crippen LogP contribution < -0.4 is 4.74 Å². The number of aliphatic hydroxyl groups is 1. The third-order valence-electron chi connectivity index (χ3n) is 3.07. The topological polar surface area (TPSA) is 59.0 Å². The minimum atomic E-state index is -0.869. The van der Waals surface area contributed by atoms with Crippen molar-refractivity contribution in [3.63, 3.8) is 0 Å². The summed E-state index contributed by atoms with van der Waals surface area (Å²) in [6, 6.07) is 4.03. The van der Waals surface area contributed by atoms with Gasteiger partial charge in [0.15, 0.2) is 0 Å². The molecule has 0 unspecified atom stereocenters. The molecule has 1 aliphatic rings. The average molecular weight is 332 g/mol. The van der Waals surface area contributed by atoms with Crippen LogP contribution in [0.15, 0.2) is 18.2 Å². The minimum absolute atomic E-state index is 0.00491. The highest BCUT2D eigenvalue weighted by molar-refractivity contribution is 6.30. The van der Waals surface area contributed by atoms with Gasteiger partial charge in [-0.1, -0.05) is 11.6 Å². The molecule has 1 amide bonds. The van der Waals surface area contributed by atoms with Gasteiger partial charge in [-0.25, -0.2) is 9.18 Å². The molecule has 22 heavy (non-hydrogen) atoms. The van der Waals surface area contributed by atoms with Crippen molar-refractivity contribution in [2.45, 2.75) is 38.6 Å². The SMILES string of the molecule is CC(C)(C)OC(=O)N1C[C@@H](O)[C@H](Oc2ccc(Cl)c(F)c2)C1. The van der Waals surface area contributed by atoms with Crippen molar-refractivity contribution in [2.24, 2.45) is 0 Å². The van der Waals surface area contributed by atoms with Crippen molar-refractivity contribution in [3.8, 4) is 5.75 Å². The van der Waals surface area contributed by atoms with Crippen molar-refractivity contribution in [3.05, 3.63) is 29.0 Å². The van der Waals surface area contributed by atoms with Gasteiger partial charge in [0, 0.05) is 6.07 Å². The third kappa shape index (κ3) is 4.24. The van der Waals surface area contributed by atoms with Crippen LogP contribution in [-0.4, -0.2) is 47.0 Å². The molecule has 0 aromatic heterocycles. The summed E-state index contributed by atoms with van der Waals surface area (Å²) in [4.78, 5) is 13.3. The zero-order valence-corrected chi connectivity index (χ0v) is 13.4. The molecule has 1 N–H and O–H groups in total. The van der Waals surface area contributed by atoms with E-state index in [0.29, 0.717) is 0 Å². The summed E-state index contributed by atoms with van der Waals surface area (Å²) in [6.45, 7) is 5.57. The molecule has 1 saturated heterocycles. The maximum atomic E-state index is 13.4. The third-order valence-corrected chi connectivity index (χ3v) is 3.37. The van der Waals surface area contributed by atoms with Gasteiger partial charge in [0.25, 0.3) is 0 Å². The second-order valence-electron chi connectivity index (χ2n) is 6.18. The van der Waals surface area contributed by atoms with E-state index in [-0.39, 0.29) is 23.9 Å². The van der Waals surface area contributed by atoms with Crippen LogP contribution in [-0.2, 0) is 4.74 Å². The van der Waals surface area contributed by atoms with Gasteiger partial charge in [-0.05, 0) is 32.9 Å². The number of benzene rings is 1. The van der Waals surface area contributed by atoms with Gasteiger partial charge >= 0.3 is 6.09 Å². The summed E-state index contributed by atoms with van der Waals surface area (Å²) in [5, 5.41) is 9.99. The molecule has 1 heterocycles. The molecule has 1 aromatic rings. The van der Waals surface area contributed by atoms with Gasteiger partial charge in [-0.3, -0.25) is 0 Å². The van der Waals surface area contributed by atoms with Crippen LogP contribution >= 0.6 is 11.6 Å². The van der Waals surface area contributed by atoms with Crippen LogP contribution in [0.2, 0.25) is 5.02 Å². The van der Waals surface area contributed by atoms with Gasteiger partial charge in [-0.15, -0.1) is 0 Å². The average Bonchev–Trinajstić information content (AvgIpc) is 2.74. The lowest BCUT2D eigenvalue weighted by atomic mass is 10.2. The van der Waals surface area contributed by atoms with Gasteiger partial charge < -0.3 is 19.5 Å². The largest absolute Gasteiger partial charge is 0.486 e. The predicted molar refractivity (Wildman–Crippen MR) is 79.6 cm³/mol. The van der Waals surface area contributed by atoms with Crippen molar-refractivity contribution < 1.29 is 23.8 Å². The van der Waals surface area contributed by atoms with Gasteiger partial charge in [0.2, 0.25) is 0 Å². The molecule has 0 saturated carbocycles. The van der Waals surface area contributed by atoms with Crippen LogP contribution in [0.25, 0.3) is 0 Å². The van der Waals surface area contributed by atoms with Crippen LogP contribution in [0, 0.1) is 5.82 Å². The molecule has 5 nitrogen and oxygen atoms in total. The molecule has 1 aliphatic heterocycles. The van der Waals surface area contributed by atoms with E-state index in [2.05, 4.69) is 0 Å². The number of rotatable bonds is 2. The van der Waals surface area contributed by atoms with E-state index >= 15 is 0 Å². The highest BCUT2D eigenvalue weighted by Crippen LogP contribution is 2.24. The fourth-order valence-electron chi connectivity index (χ4n) is 2.07. The first-order valence-electron chi connectivity index (χ1n) is 6.93. The van der Waals surface area contributed by atoms with Crippen LogP contribution in [0.3, 0.4) is 0 Å². The first-order chi connectivity index (χ1) is 10.2. The Morgan fingerprint density at radius 1 is 1.41 bits per heavy atom. The van der Waals surface area contributed by atoms with Gasteiger partial charge in [0.05, 0.1) is 18.1 Å². The van der Waals surface area contributed by atoms with E-state index in [1.807, 2.05) is 0 Å². The number of carbonyl (C=O) groups excluding carboxylic acids is 1. The zero-order chi connectivity index (χ0) is 16.5. The molecule has 1 fully saturated rings. The lowest BCUT2D eigenvalue weighted by Crippen LogP contribution is -2.36. The highest BCUT2D eigenvalue weighted by Gasteiger charge is 2.37. The number of β-amino-alcohol motifs (C(OH)–C–C–N with tert-alkyl or cyclic N) is 1. The number of hydrogen-bond acceptors (Lipinski definition) is 4. The van der Waals surface area contributed by atoms with E-state index in [1.165, 1.54) is 17.0 Å². The summed E-state index contributed by atoms with van der Waals surface area (Å²) in [5.74, 6) is -0.354. The molecular formula is C15H19ClFNO4. The Bertz CT molecular complexity index is 561. The number of halogens is 2. The molecule has 2 rings (SSSR count). The number of aliphatic hydroxyl groups excluding tert-OH is 1. The first-order valence-corrected chi connectivity index (χ1v) is 7.31. The Morgan fingerprint density at radius 3 is 2.68 bits per heavy atom. The Morgan fingerprint density at radius 2 is 2.09 bits per heavy atom. The number of carbonyl (C=O) groups is 1. The van der Waals surface area contributed by atoms with Gasteiger partial charge in [-0.2, -0.15) is 0 Å². The molecule has 122 valence electrons. The second kappa shape index (κ2) is 6.30. The number of nitrogens with zero attached hydrogens (tertiary/aromatic N) is 1. The zero-order valence-electron chi connectivity index (χ0n) is 12.7. The molecule has 0 spiro atoms. The Balaban J connectivity index is 1.99. The summed E-state index contributed by atoms with van der Waals surface area (Å²) in [5.41, 5.74) is -0.611. The molecular weight excluding hydrogens is 313 g/mol. The fourth-order valence-corrected chi connectivity index (χ4v) is 2.19. The predicted octanol–water partition coefficient (Wildman–Crippen LogP) is 2.84. The molecule has 7 heteroatoms. The number of ether oxygens (including phenoxy) is 2. The van der Waals surface area contributed by atoms with Crippen molar-refractivity contribution in [2.75, 3.05) is 13.1 Å². The normalized spacial score (nSPS) is 21.8. The fraction of sp³-hybridized carbons (Fsp3) is 0.533. The molecule has 2 atom stereocenters. The Kier molecular flexibility index (Phi) is 4.82. The smallest absolute Gasteiger partial charge is 0.410 e. The Labute approximate surface area is 133 Å². The van der Waals surface area contributed by atoms with Crippen LogP contribution in [0.1, 0.15) is 20.8 Å². The highest BCUT2D eigenvalue weighted by atomic mass is 35.5. The molecule has 0 aliphatic carbocycles. The van der Waals surface area contributed by atoms with E-state index in [0.717, 1.165) is 6.07 Å². The van der Waals surface area contributed by atoms with Crippen molar-refractivity contribution >= 4 is 17.7 Å². The van der Waals surface area contributed by atoms with Crippen molar-refractivity contribution in [1.82, 2.24) is 4.90 Å². The quantitative estimate of drug-likeness (QED) is 0.905. The van der Waals surface area contributed by atoms with E-state index < -0.39 is 29.7 Å². The Hall–Kier alpha value is -1.53. The maximum Gasteiger partial charge on any atom is 0.410 e. The van der Waals surface area contributed by atoms with E-state index in [1.54, 1.807) is 20.8 Å². The molecule has 0 radical (unpaired) electrons. The number of likely N-dealkylation sites (tertiary alicyclic amines) is 1. The summed E-state index contributed by atoms with van der Waals surface area (Å²) in [7, 11) is 0. The van der Waals surface area contributed by atoms with E-state index in [9.17, 15) is 14.3 Å². The van der Waals surface area contributed by atoms with Crippen molar-refractivity contribution in [1.29, 1.82) is 0 Å². The van der Waals surface area contributed by atoms with Crippen LogP contribution in [0.4, 0.5) is 9.18 Å². The first kappa shape index (κ1) is 16.8. The minimum Gasteiger partial charge on any atom is -0.486 e. The maximum absolute atomic E-state index is 13.4. The summed E-state index contributed by atoms with van der Waals surface area (Å²) in [6.07, 6.45) is -2.03. The monoisotopic (exact) mass is 331 g/mol.